The molecule has 7 heteroatoms. The van der Waals surface area contributed by atoms with Gasteiger partial charge in [0.1, 0.15) is 23.7 Å². The van der Waals surface area contributed by atoms with Crippen molar-refractivity contribution in [3.63, 3.8) is 0 Å². The van der Waals surface area contributed by atoms with Crippen LogP contribution in [0.3, 0.4) is 0 Å². The molecule has 0 atom stereocenters. The van der Waals surface area contributed by atoms with E-state index in [4.69, 9.17) is 26.8 Å². The molecule has 0 unspecified atom stereocenters. The highest BCUT2D eigenvalue weighted by Crippen LogP contribution is 2.26. The molecule has 2 aromatic rings. The Morgan fingerprint density at radius 3 is 2.95 bits per heavy atom. The fraction of sp³-hybridized carbons (Fsp3) is 0.385. The van der Waals surface area contributed by atoms with E-state index in [0.29, 0.717) is 24.7 Å². The standard InChI is InChI=1S/C13H16ClN3O3/c1-2-19-10-5-3-4-9-12(10)16-11(8-14)17(9)6-7-20-13(15)18/h3-5H,2,6-8H2,1H3,(H2,15,18). The van der Waals surface area contributed by atoms with Gasteiger partial charge in [-0.05, 0) is 19.1 Å². The summed E-state index contributed by atoms with van der Waals surface area (Å²) in [7, 11) is 0. The Balaban J connectivity index is 2.36. The van der Waals surface area contributed by atoms with Crippen molar-refractivity contribution in [3.05, 3.63) is 24.0 Å². The van der Waals surface area contributed by atoms with Gasteiger partial charge >= 0.3 is 6.09 Å². The van der Waals surface area contributed by atoms with Gasteiger partial charge < -0.3 is 19.8 Å². The van der Waals surface area contributed by atoms with Crippen molar-refractivity contribution in [2.24, 2.45) is 5.73 Å². The van der Waals surface area contributed by atoms with E-state index in [2.05, 4.69) is 4.98 Å². The summed E-state index contributed by atoms with van der Waals surface area (Å²) < 4.78 is 12.2. The zero-order chi connectivity index (χ0) is 14.5. The van der Waals surface area contributed by atoms with Gasteiger partial charge in [-0.1, -0.05) is 6.07 Å². The van der Waals surface area contributed by atoms with Crippen LogP contribution < -0.4 is 10.5 Å². The van der Waals surface area contributed by atoms with Gasteiger partial charge in [-0.2, -0.15) is 0 Å². The number of nitrogens with two attached hydrogens (primary N) is 1. The lowest BCUT2D eigenvalue weighted by atomic mass is 10.3. The van der Waals surface area contributed by atoms with E-state index < -0.39 is 6.09 Å². The third-order valence-electron chi connectivity index (χ3n) is 2.80. The first kappa shape index (κ1) is 14.5. The molecule has 6 nitrogen and oxygen atoms in total. The number of fused-ring (bicyclic) bond motifs is 1. The molecule has 1 aromatic carbocycles. The topological polar surface area (TPSA) is 79.4 Å². The number of para-hydroxylation sites is 1. The molecule has 0 aliphatic rings. The number of carbonyl (C=O) groups excluding carboxylic acids is 1. The smallest absolute Gasteiger partial charge is 0.404 e. The number of imidazole rings is 1. The Morgan fingerprint density at radius 1 is 1.50 bits per heavy atom. The highest BCUT2D eigenvalue weighted by Gasteiger charge is 2.13. The molecule has 2 rings (SSSR count). The lowest BCUT2D eigenvalue weighted by Gasteiger charge is -2.08. The number of ether oxygens (including phenoxy) is 2. The Kier molecular flexibility index (Phi) is 4.68. The zero-order valence-electron chi connectivity index (χ0n) is 11.1. The largest absolute Gasteiger partial charge is 0.492 e. The maximum Gasteiger partial charge on any atom is 0.404 e. The molecule has 0 saturated carbocycles. The van der Waals surface area contributed by atoms with Crippen LogP contribution in [0.2, 0.25) is 0 Å². The van der Waals surface area contributed by atoms with Crippen LogP contribution in [0, 0.1) is 0 Å². The minimum atomic E-state index is -0.795. The third-order valence-corrected chi connectivity index (χ3v) is 3.04. The number of nitrogens with zero attached hydrogens (tertiary/aromatic N) is 2. The number of primary amides is 1. The second kappa shape index (κ2) is 6.47. The lowest BCUT2D eigenvalue weighted by molar-refractivity contribution is 0.152. The Hall–Kier alpha value is -1.95. The molecule has 0 spiro atoms. The quantitative estimate of drug-likeness (QED) is 0.830. The molecule has 0 fully saturated rings. The maximum absolute atomic E-state index is 10.6. The average Bonchev–Trinajstić information content (AvgIpc) is 2.78. The van der Waals surface area contributed by atoms with E-state index >= 15 is 0 Å². The predicted octanol–water partition coefficient (Wildman–Crippen LogP) is 2.27. The van der Waals surface area contributed by atoms with Gasteiger partial charge in [0.05, 0.1) is 24.5 Å². The van der Waals surface area contributed by atoms with Gasteiger partial charge in [0.2, 0.25) is 0 Å². The number of hydrogen-bond acceptors (Lipinski definition) is 4. The first-order valence-electron chi connectivity index (χ1n) is 6.26. The molecule has 1 aromatic heterocycles. The van der Waals surface area contributed by atoms with Crippen LogP contribution in [0.5, 0.6) is 5.75 Å². The summed E-state index contributed by atoms with van der Waals surface area (Å²) in [4.78, 5) is 15.1. The number of carbonyl (C=O) groups is 1. The van der Waals surface area contributed by atoms with E-state index in [9.17, 15) is 4.79 Å². The van der Waals surface area contributed by atoms with E-state index in [1.54, 1.807) is 0 Å². The van der Waals surface area contributed by atoms with Crippen molar-refractivity contribution in [3.8, 4) is 5.75 Å². The van der Waals surface area contributed by atoms with E-state index in [1.807, 2.05) is 29.7 Å². The zero-order valence-corrected chi connectivity index (χ0v) is 11.9. The van der Waals surface area contributed by atoms with Crippen LogP contribution in [0.15, 0.2) is 18.2 Å². The van der Waals surface area contributed by atoms with Crippen LogP contribution in [-0.4, -0.2) is 28.9 Å². The normalized spacial score (nSPS) is 10.7. The number of amides is 1. The van der Waals surface area contributed by atoms with Crippen LogP contribution in [0.1, 0.15) is 12.7 Å². The Labute approximate surface area is 121 Å². The molecule has 0 saturated heterocycles. The Bertz CT molecular complexity index is 612. The third kappa shape index (κ3) is 2.96. The second-order valence-electron chi connectivity index (χ2n) is 4.04. The molecule has 0 bridgehead atoms. The molecule has 2 N–H and O–H groups in total. The molecular weight excluding hydrogens is 282 g/mol. The lowest BCUT2D eigenvalue weighted by Crippen LogP contribution is -2.17. The number of rotatable bonds is 6. The van der Waals surface area contributed by atoms with Crippen LogP contribution in [0.4, 0.5) is 4.79 Å². The SMILES string of the molecule is CCOc1cccc2c1nc(CCl)n2CCOC(N)=O. The number of halogens is 1. The minimum Gasteiger partial charge on any atom is -0.492 e. The molecule has 108 valence electrons. The summed E-state index contributed by atoms with van der Waals surface area (Å²) in [5.74, 6) is 1.67. The summed E-state index contributed by atoms with van der Waals surface area (Å²) in [5.41, 5.74) is 6.59. The van der Waals surface area contributed by atoms with Gasteiger partial charge in [-0.3, -0.25) is 0 Å². The van der Waals surface area contributed by atoms with Crippen molar-refractivity contribution in [1.82, 2.24) is 9.55 Å². The van der Waals surface area contributed by atoms with Crippen molar-refractivity contribution in [1.29, 1.82) is 0 Å². The predicted molar refractivity (Wildman–Crippen MR) is 76.0 cm³/mol. The molecule has 20 heavy (non-hydrogen) atoms. The maximum atomic E-state index is 10.6. The van der Waals surface area contributed by atoms with Crippen molar-refractivity contribution < 1.29 is 14.3 Å². The first-order chi connectivity index (χ1) is 9.67. The first-order valence-corrected chi connectivity index (χ1v) is 6.80. The van der Waals surface area contributed by atoms with Gasteiger partial charge in [0.25, 0.3) is 0 Å². The molecular formula is C13H16ClN3O3. The van der Waals surface area contributed by atoms with Crippen LogP contribution >= 0.6 is 11.6 Å². The van der Waals surface area contributed by atoms with E-state index in [0.717, 1.165) is 11.0 Å². The average molecular weight is 298 g/mol. The second-order valence-corrected chi connectivity index (χ2v) is 4.30. The highest BCUT2D eigenvalue weighted by atomic mass is 35.5. The van der Waals surface area contributed by atoms with E-state index in [1.165, 1.54) is 0 Å². The fourth-order valence-electron chi connectivity index (χ4n) is 2.03. The van der Waals surface area contributed by atoms with Gasteiger partial charge in [-0.25, -0.2) is 9.78 Å². The monoisotopic (exact) mass is 297 g/mol. The molecule has 1 heterocycles. The minimum absolute atomic E-state index is 0.170. The number of aromatic nitrogens is 2. The molecule has 0 aliphatic carbocycles. The van der Waals surface area contributed by atoms with Crippen LogP contribution in [0.25, 0.3) is 11.0 Å². The van der Waals surface area contributed by atoms with Gasteiger partial charge in [0.15, 0.2) is 0 Å². The summed E-state index contributed by atoms with van der Waals surface area (Å²) in [6.45, 7) is 3.09. The fourth-order valence-corrected chi connectivity index (χ4v) is 2.23. The summed E-state index contributed by atoms with van der Waals surface area (Å²) in [6.07, 6.45) is -0.795. The Morgan fingerprint density at radius 2 is 2.30 bits per heavy atom. The molecule has 0 radical (unpaired) electrons. The van der Waals surface area contributed by atoms with Gasteiger partial charge in [0, 0.05) is 0 Å². The van der Waals surface area contributed by atoms with Crippen molar-refractivity contribution in [2.75, 3.05) is 13.2 Å². The van der Waals surface area contributed by atoms with Crippen molar-refractivity contribution >= 4 is 28.7 Å². The van der Waals surface area contributed by atoms with Crippen LogP contribution in [-0.2, 0) is 17.2 Å². The van der Waals surface area contributed by atoms with Gasteiger partial charge in [-0.15, -0.1) is 11.6 Å². The van der Waals surface area contributed by atoms with Crippen molar-refractivity contribution in [2.45, 2.75) is 19.3 Å². The summed E-state index contributed by atoms with van der Waals surface area (Å²) >= 11 is 5.92. The number of benzene rings is 1. The summed E-state index contributed by atoms with van der Waals surface area (Å²) in [6, 6.07) is 5.67. The van der Waals surface area contributed by atoms with E-state index in [-0.39, 0.29) is 12.5 Å². The molecule has 0 aliphatic heterocycles. The number of alkyl halides is 1. The summed E-state index contributed by atoms with van der Waals surface area (Å²) in [5, 5.41) is 0. The highest BCUT2D eigenvalue weighted by molar-refractivity contribution is 6.16. The number of hydrogen-bond donors (Lipinski definition) is 1. The molecule has 1 amide bonds.